The van der Waals surface area contributed by atoms with E-state index in [0.717, 1.165) is 22.4 Å². The molecule has 3 rings (SSSR count). The number of imidazole rings is 1. The van der Waals surface area contributed by atoms with Gasteiger partial charge in [0.1, 0.15) is 11.3 Å². The molecule has 1 aromatic carbocycles. The molecule has 0 N–H and O–H groups in total. The Hall–Kier alpha value is -1.26. The zero-order valence-corrected chi connectivity index (χ0v) is 13.1. The molecule has 0 saturated carbocycles. The van der Waals surface area contributed by atoms with Crippen molar-refractivity contribution in [1.29, 1.82) is 0 Å². The number of fused-ring (bicyclic) bond motifs is 1. The van der Waals surface area contributed by atoms with Gasteiger partial charge in [0.15, 0.2) is 0 Å². The standard InChI is InChI=1S/C14H13BrN2O.ClH/c1-9-10(2)18-14-12(9)5-11(6-13(14)15)7-17-4-3-16-8-17;/h3-6,8H,7H2,1-2H3;1H. The summed E-state index contributed by atoms with van der Waals surface area (Å²) in [7, 11) is 0. The van der Waals surface area contributed by atoms with Crippen LogP contribution in [-0.2, 0) is 6.54 Å². The SMILES string of the molecule is Cc1oc2c(Br)cc(Cn3ccnc3)cc2c1C.Cl. The van der Waals surface area contributed by atoms with Crippen LogP contribution in [0.15, 0.2) is 39.7 Å². The van der Waals surface area contributed by atoms with Gasteiger partial charge in [-0.1, -0.05) is 0 Å². The molecule has 0 saturated heterocycles. The fourth-order valence-corrected chi connectivity index (χ4v) is 2.72. The van der Waals surface area contributed by atoms with Gasteiger partial charge in [0.05, 0.1) is 10.8 Å². The van der Waals surface area contributed by atoms with Gasteiger partial charge in [0.2, 0.25) is 0 Å². The maximum absolute atomic E-state index is 5.75. The molecule has 0 fully saturated rings. The van der Waals surface area contributed by atoms with E-state index in [1.165, 1.54) is 16.5 Å². The van der Waals surface area contributed by atoms with Crippen LogP contribution in [0.3, 0.4) is 0 Å². The Labute approximate surface area is 126 Å². The number of hydrogen-bond donors (Lipinski definition) is 0. The second-order valence-electron chi connectivity index (χ2n) is 4.47. The molecule has 0 amide bonds. The van der Waals surface area contributed by atoms with Crippen molar-refractivity contribution in [3.63, 3.8) is 0 Å². The molecule has 2 heterocycles. The molecule has 0 aliphatic rings. The summed E-state index contributed by atoms with van der Waals surface area (Å²) in [4.78, 5) is 4.06. The number of hydrogen-bond acceptors (Lipinski definition) is 2. The molecule has 0 aliphatic heterocycles. The largest absolute Gasteiger partial charge is 0.460 e. The smallest absolute Gasteiger partial charge is 0.148 e. The van der Waals surface area contributed by atoms with Gasteiger partial charge in [0.25, 0.3) is 0 Å². The van der Waals surface area contributed by atoms with Gasteiger partial charge >= 0.3 is 0 Å². The summed E-state index contributed by atoms with van der Waals surface area (Å²) in [5.41, 5.74) is 3.37. The summed E-state index contributed by atoms with van der Waals surface area (Å²) in [6, 6.07) is 4.29. The monoisotopic (exact) mass is 340 g/mol. The molecule has 0 bridgehead atoms. The van der Waals surface area contributed by atoms with Crippen LogP contribution in [0, 0.1) is 13.8 Å². The number of halogens is 2. The van der Waals surface area contributed by atoms with E-state index < -0.39 is 0 Å². The summed E-state index contributed by atoms with van der Waals surface area (Å²) in [6.45, 7) is 4.91. The molecule has 100 valence electrons. The Morgan fingerprint density at radius 2 is 2.11 bits per heavy atom. The Balaban J connectivity index is 0.00000133. The highest BCUT2D eigenvalue weighted by Crippen LogP contribution is 2.32. The Bertz CT molecular complexity index is 704. The van der Waals surface area contributed by atoms with Gasteiger partial charge in [0, 0.05) is 24.3 Å². The van der Waals surface area contributed by atoms with E-state index in [4.69, 9.17) is 4.42 Å². The predicted octanol–water partition coefficient (Wildman–Crippen LogP) is 4.48. The number of aromatic nitrogens is 2. The first-order chi connectivity index (χ1) is 8.65. The molecule has 19 heavy (non-hydrogen) atoms. The number of benzene rings is 1. The maximum Gasteiger partial charge on any atom is 0.148 e. The van der Waals surface area contributed by atoms with Crippen molar-refractivity contribution in [2.45, 2.75) is 20.4 Å². The summed E-state index contributed by atoms with van der Waals surface area (Å²) in [5, 5.41) is 1.18. The minimum atomic E-state index is 0. The summed E-state index contributed by atoms with van der Waals surface area (Å²) in [6.07, 6.45) is 5.58. The summed E-state index contributed by atoms with van der Waals surface area (Å²) in [5.74, 6) is 0.977. The highest BCUT2D eigenvalue weighted by atomic mass is 79.9. The fraction of sp³-hybridized carbons (Fsp3) is 0.214. The molecule has 3 nitrogen and oxygen atoms in total. The van der Waals surface area contributed by atoms with Crippen LogP contribution in [0.5, 0.6) is 0 Å². The topological polar surface area (TPSA) is 31.0 Å². The van der Waals surface area contributed by atoms with Crippen LogP contribution in [0.2, 0.25) is 0 Å². The van der Waals surface area contributed by atoms with Crippen molar-refractivity contribution in [3.05, 3.63) is 52.2 Å². The lowest BCUT2D eigenvalue weighted by Gasteiger charge is -2.04. The number of aryl methyl sites for hydroxylation is 2. The van der Waals surface area contributed by atoms with Crippen LogP contribution in [0.25, 0.3) is 11.0 Å². The minimum Gasteiger partial charge on any atom is -0.460 e. The highest BCUT2D eigenvalue weighted by molar-refractivity contribution is 9.10. The van der Waals surface area contributed by atoms with Crippen molar-refractivity contribution < 1.29 is 4.42 Å². The van der Waals surface area contributed by atoms with E-state index >= 15 is 0 Å². The lowest BCUT2D eigenvalue weighted by Crippen LogP contribution is -1.96. The molecular weight excluding hydrogens is 328 g/mol. The highest BCUT2D eigenvalue weighted by Gasteiger charge is 2.11. The summed E-state index contributed by atoms with van der Waals surface area (Å²) >= 11 is 3.58. The quantitative estimate of drug-likeness (QED) is 0.688. The fourth-order valence-electron chi connectivity index (χ4n) is 2.13. The third-order valence-corrected chi connectivity index (χ3v) is 3.80. The molecule has 0 radical (unpaired) electrons. The zero-order valence-electron chi connectivity index (χ0n) is 10.7. The Kier molecular flexibility index (Phi) is 4.02. The van der Waals surface area contributed by atoms with E-state index in [1.54, 1.807) is 6.20 Å². The Morgan fingerprint density at radius 3 is 2.79 bits per heavy atom. The van der Waals surface area contributed by atoms with Crippen LogP contribution in [0.4, 0.5) is 0 Å². The lowest BCUT2D eigenvalue weighted by atomic mass is 10.1. The van der Waals surface area contributed by atoms with Gasteiger partial charge in [-0.2, -0.15) is 0 Å². The molecule has 2 aromatic heterocycles. The van der Waals surface area contributed by atoms with E-state index in [1.807, 2.05) is 19.4 Å². The van der Waals surface area contributed by atoms with E-state index in [0.29, 0.717) is 0 Å². The van der Waals surface area contributed by atoms with Gasteiger partial charge in [-0.15, -0.1) is 12.4 Å². The first kappa shape index (κ1) is 14.2. The second kappa shape index (κ2) is 5.39. The third-order valence-electron chi connectivity index (χ3n) is 3.21. The normalized spacial score (nSPS) is 10.7. The van der Waals surface area contributed by atoms with Crippen molar-refractivity contribution >= 4 is 39.3 Å². The molecule has 0 unspecified atom stereocenters. The summed E-state index contributed by atoms with van der Waals surface area (Å²) < 4.78 is 8.81. The van der Waals surface area contributed by atoms with Crippen LogP contribution in [-0.4, -0.2) is 9.55 Å². The van der Waals surface area contributed by atoms with Crippen molar-refractivity contribution in [3.8, 4) is 0 Å². The second-order valence-corrected chi connectivity index (χ2v) is 5.33. The maximum atomic E-state index is 5.75. The number of furan rings is 1. The predicted molar refractivity (Wildman–Crippen MR) is 82.0 cm³/mol. The molecule has 0 spiro atoms. The van der Waals surface area contributed by atoms with Gasteiger partial charge in [-0.25, -0.2) is 4.98 Å². The van der Waals surface area contributed by atoms with Gasteiger partial charge in [-0.3, -0.25) is 0 Å². The number of nitrogens with zero attached hydrogens (tertiary/aromatic N) is 2. The van der Waals surface area contributed by atoms with Gasteiger partial charge in [-0.05, 0) is 53.0 Å². The van der Waals surface area contributed by atoms with Crippen LogP contribution in [0.1, 0.15) is 16.9 Å². The first-order valence-corrected chi connectivity index (χ1v) is 6.58. The zero-order chi connectivity index (χ0) is 12.7. The third kappa shape index (κ3) is 2.55. The first-order valence-electron chi connectivity index (χ1n) is 5.79. The molecule has 0 atom stereocenters. The van der Waals surface area contributed by atoms with Crippen LogP contribution >= 0.6 is 28.3 Å². The van der Waals surface area contributed by atoms with Crippen molar-refractivity contribution in [2.24, 2.45) is 0 Å². The Morgan fingerprint density at radius 1 is 1.32 bits per heavy atom. The van der Waals surface area contributed by atoms with E-state index in [2.05, 4.69) is 44.5 Å². The average molecular weight is 342 g/mol. The average Bonchev–Trinajstić information content (AvgIpc) is 2.92. The molecular formula is C14H14BrClN2O. The molecule has 5 heteroatoms. The van der Waals surface area contributed by atoms with Crippen molar-refractivity contribution in [1.82, 2.24) is 9.55 Å². The van der Waals surface area contributed by atoms with Crippen molar-refractivity contribution in [2.75, 3.05) is 0 Å². The van der Waals surface area contributed by atoms with E-state index in [-0.39, 0.29) is 12.4 Å². The number of rotatable bonds is 2. The lowest BCUT2D eigenvalue weighted by molar-refractivity contribution is 0.573. The van der Waals surface area contributed by atoms with E-state index in [9.17, 15) is 0 Å². The minimum absolute atomic E-state index is 0. The molecule has 0 aliphatic carbocycles. The molecule has 3 aromatic rings. The van der Waals surface area contributed by atoms with Crippen LogP contribution < -0.4 is 0 Å². The van der Waals surface area contributed by atoms with Gasteiger partial charge < -0.3 is 8.98 Å².